The standard InChI is InChI=1S/C21H27F3N4O4S/c22-21(23,24)15-10-33-19(25-15)26-17(30)14-9-20(5-6-20)11-28(14)18(31)13(8-16(29)27-32)7-12-3-1-2-4-12/h10,12-14,32H,1-9,11H2,(H,27,29)(H,25,26,30). The number of halogens is 3. The lowest BCUT2D eigenvalue weighted by Gasteiger charge is -2.29. The van der Waals surface area contributed by atoms with E-state index < -0.39 is 35.6 Å². The first-order valence-corrected chi connectivity index (χ1v) is 12.1. The minimum absolute atomic E-state index is 0.144. The Morgan fingerprint density at radius 2 is 1.97 bits per heavy atom. The molecule has 2 heterocycles. The van der Waals surface area contributed by atoms with Crippen molar-refractivity contribution in [1.29, 1.82) is 0 Å². The number of thiazole rings is 1. The van der Waals surface area contributed by atoms with E-state index in [-0.39, 0.29) is 22.9 Å². The minimum Gasteiger partial charge on any atom is -0.330 e. The first-order chi connectivity index (χ1) is 15.6. The van der Waals surface area contributed by atoms with Gasteiger partial charge in [-0.2, -0.15) is 13.2 Å². The van der Waals surface area contributed by atoms with E-state index in [1.165, 1.54) is 4.90 Å². The smallest absolute Gasteiger partial charge is 0.330 e. The van der Waals surface area contributed by atoms with E-state index in [2.05, 4.69) is 10.3 Å². The number of hydrogen-bond donors (Lipinski definition) is 3. The first kappa shape index (κ1) is 23.9. The van der Waals surface area contributed by atoms with E-state index in [9.17, 15) is 27.6 Å². The van der Waals surface area contributed by atoms with Crippen LogP contribution in [0.25, 0.3) is 0 Å². The lowest BCUT2D eigenvalue weighted by Crippen LogP contribution is -2.46. The van der Waals surface area contributed by atoms with Crippen molar-refractivity contribution in [3.8, 4) is 0 Å². The monoisotopic (exact) mass is 488 g/mol. The van der Waals surface area contributed by atoms with Gasteiger partial charge in [-0.05, 0) is 37.0 Å². The molecule has 0 radical (unpaired) electrons. The fraction of sp³-hybridized carbons (Fsp3) is 0.714. The SMILES string of the molecule is O=C(CC(CC1CCCC1)C(=O)N1CC2(CC2)CC1C(=O)Nc1nc(C(F)(F)F)cs1)NO. The highest BCUT2D eigenvalue weighted by atomic mass is 32.1. The average molecular weight is 489 g/mol. The summed E-state index contributed by atoms with van der Waals surface area (Å²) >= 11 is 0.680. The van der Waals surface area contributed by atoms with E-state index >= 15 is 0 Å². The molecule has 4 rings (SSSR count). The highest BCUT2D eigenvalue weighted by Gasteiger charge is 2.56. The molecular formula is C21H27F3N4O4S. The molecule has 182 valence electrons. The number of hydrogen-bond acceptors (Lipinski definition) is 6. The van der Waals surface area contributed by atoms with E-state index in [1.807, 2.05) is 0 Å². The van der Waals surface area contributed by atoms with Crippen molar-refractivity contribution in [2.75, 3.05) is 11.9 Å². The summed E-state index contributed by atoms with van der Waals surface area (Å²) in [5.74, 6) is -1.89. The molecule has 12 heteroatoms. The Morgan fingerprint density at radius 1 is 1.27 bits per heavy atom. The zero-order valence-corrected chi connectivity index (χ0v) is 18.8. The summed E-state index contributed by atoms with van der Waals surface area (Å²) in [6, 6.07) is -0.832. The van der Waals surface area contributed by atoms with Gasteiger partial charge < -0.3 is 10.2 Å². The molecule has 1 spiro atoms. The number of hydroxylamine groups is 1. The van der Waals surface area contributed by atoms with Crippen LogP contribution in [0.4, 0.5) is 18.3 Å². The van der Waals surface area contributed by atoms with Crippen molar-refractivity contribution in [2.24, 2.45) is 17.3 Å². The van der Waals surface area contributed by atoms with Crippen molar-refractivity contribution in [3.05, 3.63) is 11.1 Å². The maximum Gasteiger partial charge on any atom is 0.434 e. The number of amides is 3. The molecule has 1 saturated heterocycles. The lowest BCUT2D eigenvalue weighted by molar-refractivity contribution is -0.144. The molecule has 2 aliphatic carbocycles. The van der Waals surface area contributed by atoms with Gasteiger partial charge in [-0.25, -0.2) is 10.5 Å². The van der Waals surface area contributed by atoms with E-state index in [0.29, 0.717) is 36.6 Å². The highest BCUT2D eigenvalue weighted by Crippen LogP contribution is 2.55. The summed E-state index contributed by atoms with van der Waals surface area (Å²) in [4.78, 5) is 43.4. The fourth-order valence-electron chi connectivity index (χ4n) is 5.14. The minimum atomic E-state index is -4.60. The van der Waals surface area contributed by atoms with Crippen LogP contribution in [0.5, 0.6) is 0 Å². The molecule has 2 atom stereocenters. The second-order valence-electron chi connectivity index (χ2n) is 9.53. The molecule has 2 saturated carbocycles. The Bertz CT molecular complexity index is 912. The van der Waals surface area contributed by atoms with Gasteiger partial charge in [-0.15, -0.1) is 11.3 Å². The molecule has 8 nitrogen and oxygen atoms in total. The predicted molar refractivity (Wildman–Crippen MR) is 112 cm³/mol. The van der Waals surface area contributed by atoms with Crippen LogP contribution in [0.3, 0.4) is 0 Å². The summed E-state index contributed by atoms with van der Waals surface area (Å²) in [6.45, 7) is 0.386. The van der Waals surface area contributed by atoms with Gasteiger partial charge in [0.05, 0.1) is 0 Å². The van der Waals surface area contributed by atoms with Crippen molar-refractivity contribution < 1.29 is 32.8 Å². The van der Waals surface area contributed by atoms with Gasteiger partial charge in [0, 0.05) is 24.3 Å². The van der Waals surface area contributed by atoms with Crippen LogP contribution in [-0.2, 0) is 20.6 Å². The van der Waals surface area contributed by atoms with Crippen LogP contribution < -0.4 is 10.8 Å². The van der Waals surface area contributed by atoms with Crippen LogP contribution >= 0.6 is 11.3 Å². The number of carbonyl (C=O) groups excluding carboxylic acids is 3. The molecule has 33 heavy (non-hydrogen) atoms. The van der Waals surface area contributed by atoms with Gasteiger partial charge in [-0.3, -0.25) is 19.6 Å². The van der Waals surface area contributed by atoms with Gasteiger partial charge in [0.1, 0.15) is 6.04 Å². The molecule has 1 aromatic rings. The van der Waals surface area contributed by atoms with Gasteiger partial charge in [0.15, 0.2) is 10.8 Å². The fourth-order valence-corrected chi connectivity index (χ4v) is 5.86. The second kappa shape index (κ2) is 9.21. The number of alkyl halides is 3. The van der Waals surface area contributed by atoms with Crippen molar-refractivity contribution in [1.82, 2.24) is 15.4 Å². The largest absolute Gasteiger partial charge is 0.434 e. The van der Waals surface area contributed by atoms with Crippen LogP contribution in [0.2, 0.25) is 0 Å². The van der Waals surface area contributed by atoms with Crippen molar-refractivity contribution in [2.45, 2.75) is 70.0 Å². The molecule has 0 aromatic carbocycles. The zero-order valence-electron chi connectivity index (χ0n) is 18.0. The van der Waals surface area contributed by atoms with Crippen molar-refractivity contribution >= 4 is 34.2 Å². The number of nitrogens with zero attached hydrogens (tertiary/aromatic N) is 2. The Hall–Kier alpha value is -2.21. The molecule has 3 fully saturated rings. The second-order valence-corrected chi connectivity index (χ2v) is 10.4. The van der Waals surface area contributed by atoms with Gasteiger partial charge in [-0.1, -0.05) is 25.7 Å². The third kappa shape index (κ3) is 5.48. The van der Waals surface area contributed by atoms with Gasteiger partial charge in [0.2, 0.25) is 17.7 Å². The van der Waals surface area contributed by atoms with E-state index in [1.54, 1.807) is 5.48 Å². The normalized spacial score (nSPS) is 23.0. The number of carbonyl (C=O) groups is 3. The summed E-state index contributed by atoms with van der Waals surface area (Å²) < 4.78 is 38.5. The molecule has 0 bridgehead atoms. The Kier molecular flexibility index (Phi) is 6.68. The lowest BCUT2D eigenvalue weighted by atomic mass is 9.89. The van der Waals surface area contributed by atoms with Gasteiger partial charge >= 0.3 is 6.18 Å². The summed E-state index contributed by atoms with van der Waals surface area (Å²) in [7, 11) is 0. The number of aromatic nitrogens is 1. The molecule has 3 amide bonds. The average Bonchev–Trinajstić information content (AvgIpc) is 3.14. The molecule has 2 unspecified atom stereocenters. The van der Waals surface area contributed by atoms with E-state index in [0.717, 1.165) is 43.9 Å². The van der Waals surface area contributed by atoms with Crippen LogP contribution in [0, 0.1) is 17.3 Å². The first-order valence-electron chi connectivity index (χ1n) is 11.2. The Labute approximate surface area is 192 Å². The number of rotatable bonds is 7. The predicted octanol–water partition coefficient (Wildman–Crippen LogP) is 3.57. The Morgan fingerprint density at radius 3 is 2.55 bits per heavy atom. The maximum atomic E-state index is 13.5. The summed E-state index contributed by atoms with van der Waals surface area (Å²) in [6.07, 6.45) is 2.01. The van der Waals surface area contributed by atoms with Crippen LogP contribution in [-0.4, -0.2) is 45.4 Å². The topological polar surface area (TPSA) is 112 Å². The molecule has 3 N–H and O–H groups in total. The molecular weight excluding hydrogens is 461 g/mol. The maximum absolute atomic E-state index is 13.5. The van der Waals surface area contributed by atoms with Crippen LogP contribution in [0.15, 0.2) is 5.38 Å². The van der Waals surface area contributed by atoms with Gasteiger partial charge in [0.25, 0.3) is 0 Å². The zero-order chi connectivity index (χ0) is 23.8. The summed E-state index contributed by atoms with van der Waals surface area (Å²) in [5.41, 5.74) is 0.367. The number of likely N-dealkylation sites (tertiary alicyclic amines) is 1. The van der Waals surface area contributed by atoms with Crippen molar-refractivity contribution in [3.63, 3.8) is 0 Å². The third-order valence-corrected chi connectivity index (χ3v) is 7.83. The number of nitrogens with one attached hydrogen (secondary N) is 2. The summed E-state index contributed by atoms with van der Waals surface area (Å²) in [5, 5.41) is 12.1. The quantitative estimate of drug-likeness (QED) is 0.401. The van der Waals surface area contributed by atoms with E-state index in [4.69, 9.17) is 5.21 Å². The highest BCUT2D eigenvalue weighted by molar-refractivity contribution is 7.13. The third-order valence-electron chi connectivity index (χ3n) is 7.07. The molecule has 3 aliphatic rings. The Balaban J connectivity index is 1.49. The molecule has 1 aromatic heterocycles. The molecule has 1 aliphatic heterocycles. The number of anilines is 1. The van der Waals surface area contributed by atoms with Crippen LogP contribution in [0.1, 0.15) is 63.5 Å².